The third-order valence-corrected chi connectivity index (χ3v) is 2.43. The number of carbonyl (C=O) groups excluding carboxylic acids is 1. The molecule has 1 amide bonds. The zero-order valence-corrected chi connectivity index (χ0v) is 8.42. The number of carbonyl (C=O) groups is 1. The molecule has 2 N–H and O–H groups in total. The largest absolute Gasteiger partial charge is 0.381 e. The lowest BCUT2D eigenvalue weighted by Gasteiger charge is -2.14. The number of hydrogen-bond acceptors (Lipinski definition) is 2. The fraction of sp³-hybridized carbons (Fsp3) is 0.300. The van der Waals surface area contributed by atoms with Gasteiger partial charge >= 0.3 is 0 Å². The van der Waals surface area contributed by atoms with E-state index in [1.807, 2.05) is 33.0 Å². The molecule has 2 rings (SSSR count). The first-order valence-electron chi connectivity index (χ1n) is 4.83. The van der Waals surface area contributed by atoms with Gasteiger partial charge in [-0.25, -0.2) is 0 Å². The maximum absolute atomic E-state index is 11.4. The monoisotopic (exact) mass is 188 g/mol. The van der Waals surface area contributed by atoms with Crippen LogP contribution in [0.15, 0.2) is 18.2 Å². The molecular weight excluding hydrogens is 175 g/mol. The number of amides is 1. The molecule has 0 fully saturated rings. The van der Waals surface area contributed by atoms with Crippen molar-refractivity contribution in [1.82, 2.24) is 0 Å². The quantitative estimate of drug-likeness (QED) is 0.566. The Hall–Kier alpha value is -1.45. The van der Waals surface area contributed by atoms with E-state index >= 15 is 0 Å². The van der Waals surface area contributed by atoms with Crippen molar-refractivity contribution in [1.29, 1.82) is 0 Å². The van der Waals surface area contributed by atoms with E-state index < -0.39 is 0 Å². The summed E-state index contributed by atoms with van der Waals surface area (Å²) in [5.41, 5.74) is 3.10. The van der Waals surface area contributed by atoms with Crippen molar-refractivity contribution < 1.29 is 4.79 Å². The fourth-order valence-electron chi connectivity index (χ4n) is 1.74. The molecule has 3 nitrogen and oxygen atoms in total. The maximum atomic E-state index is 11.4. The maximum Gasteiger partial charge on any atom is 0.226 e. The van der Waals surface area contributed by atoms with Crippen LogP contribution in [-0.2, 0) is 4.79 Å². The lowest BCUT2D eigenvalue weighted by atomic mass is 9.93. The number of rotatable bonds is 0. The van der Waals surface area contributed by atoms with Gasteiger partial charge < -0.3 is 10.6 Å². The topological polar surface area (TPSA) is 41.1 Å². The zero-order valence-electron chi connectivity index (χ0n) is 8.42. The summed E-state index contributed by atoms with van der Waals surface area (Å²) < 4.78 is 0. The second kappa shape index (κ2) is 3.37. The minimum atomic E-state index is 0.0781. The highest BCUT2D eigenvalue weighted by Crippen LogP contribution is 2.23. The number of benzene rings is 1. The van der Waals surface area contributed by atoms with Gasteiger partial charge in [-0.05, 0) is 13.0 Å². The molecule has 1 aliphatic heterocycles. The Kier molecular flexibility index (Phi) is 2.19. The van der Waals surface area contributed by atoms with Gasteiger partial charge in [0.15, 0.2) is 0 Å². The normalized spacial score (nSPS) is 20.4. The van der Waals surface area contributed by atoms with E-state index in [1.165, 1.54) is 0 Å². The first-order chi connectivity index (χ1) is 6.66. The van der Waals surface area contributed by atoms with E-state index in [0.717, 1.165) is 16.8 Å². The summed E-state index contributed by atoms with van der Waals surface area (Å²) in [4.78, 5) is 11.4. The van der Waals surface area contributed by atoms with Crippen molar-refractivity contribution in [3.8, 4) is 0 Å². The minimum Gasteiger partial charge on any atom is -0.381 e. The van der Waals surface area contributed by atoms with E-state index in [-0.39, 0.29) is 11.9 Å². The summed E-state index contributed by atoms with van der Waals surface area (Å²) in [7, 11) is 2.04. The molecule has 72 valence electrons. The standard InChI is InChI=1S/C10H13BN2O/c1-6-5-9(14)13-8-4-2-3-7(11)10(8)12-6/h2-4,6,12H,5,11H2,1H3,(H,13,14)/t6-/m1/s1. The second-order valence-corrected chi connectivity index (χ2v) is 3.80. The molecule has 14 heavy (non-hydrogen) atoms. The number of hydrogen-bond donors (Lipinski definition) is 2. The van der Waals surface area contributed by atoms with Gasteiger partial charge in [0.05, 0.1) is 11.4 Å². The first kappa shape index (κ1) is 9.12. The fourth-order valence-corrected chi connectivity index (χ4v) is 1.74. The Labute approximate surface area is 84.3 Å². The Morgan fingerprint density at radius 2 is 2.29 bits per heavy atom. The van der Waals surface area contributed by atoms with Crippen LogP contribution in [0.4, 0.5) is 11.4 Å². The molecule has 0 aromatic heterocycles. The summed E-state index contributed by atoms with van der Waals surface area (Å²) in [6.45, 7) is 2.02. The van der Waals surface area contributed by atoms with Gasteiger partial charge in [-0.2, -0.15) is 0 Å². The summed E-state index contributed by atoms with van der Waals surface area (Å²) in [5.74, 6) is 0.0781. The van der Waals surface area contributed by atoms with Crippen molar-refractivity contribution in [2.45, 2.75) is 19.4 Å². The molecular formula is C10H13BN2O. The molecule has 0 bridgehead atoms. The van der Waals surface area contributed by atoms with Crippen LogP contribution in [0.25, 0.3) is 0 Å². The van der Waals surface area contributed by atoms with Gasteiger partial charge in [0, 0.05) is 12.5 Å². The van der Waals surface area contributed by atoms with Crippen LogP contribution in [0.5, 0.6) is 0 Å². The van der Waals surface area contributed by atoms with Gasteiger partial charge in [0.2, 0.25) is 5.91 Å². The van der Waals surface area contributed by atoms with E-state index in [9.17, 15) is 4.79 Å². The predicted octanol–water partition coefficient (Wildman–Crippen LogP) is 0.0876. The number of para-hydroxylation sites is 1. The highest BCUT2D eigenvalue weighted by atomic mass is 16.1. The highest BCUT2D eigenvalue weighted by Gasteiger charge is 2.17. The molecule has 1 aliphatic rings. The Morgan fingerprint density at radius 1 is 1.50 bits per heavy atom. The third-order valence-electron chi connectivity index (χ3n) is 2.43. The molecule has 0 radical (unpaired) electrons. The Bertz CT molecular complexity index is 378. The third kappa shape index (κ3) is 1.60. The van der Waals surface area contributed by atoms with Crippen LogP contribution >= 0.6 is 0 Å². The SMILES string of the molecule is Bc1cccc2c1N[C@H](C)CC(=O)N2. The summed E-state index contributed by atoms with van der Waals surface area (Å²) in [5, 5.41) is 6.23. The average Bonchev–Trinajstić information content (AvgIpc) is 2.23. The van der Waals surface area contributed by atoms with Gasteiger partial charge in [0.1, 0.15) is 7.85 Å². The van der Waals surface area contributed by atoms with Crippen molar-refractivity contribution in [3.05, 3.63) is 18.2 Å². The summed E-state index contributed by atoms with van der Waals surface area (Å²) in [6, 6.07) is 6.10. The number of fused-ring (bicyclic) bond motifs is 1. The molecule has 4 heteroatoms. The Balaban J connectivity index is 2.46. The number of anilines is 2. The molecule has 0 saturated carbocycles. The van der Waals surface area contributed by atoms with Crippen LogP contribution in [0.2, 0.25) is 0 Å². The highest BCUT2D eigenvalue weighted by molar-refractivity contribution is 6.37. The van der Waals surface area contributed by atoms with Gasteiger partial charge in [-0.3, -0.25) is 4.79 Å². The van der Waals surface area contributed by atoms with Gasteiger partial charge in [-0.1, -0.05) is 17.6 Å². The smallest absolute Gasteiger partial charge is 0.226 e. The summed E-state index contributed by atoms with van der Waals surface area (Å²) >= 11 is 0. The van der Waals surface area contributed by atoms with E-state index in [4.69, 9.17) is 0 Å². The van der Waals surface area contributed by atoms with Crippen LogP contribution in [-0.4, -0.2) is 19.8 Å². The van der Waals surface area contributed by atoms with Crippen molar-refractivity contribution in [3.63, 3.8) is 0 Å². The number of nitrogens with one attached hydrogen (secondary N) is 2. The molecule has 0 unspecified atom stereocenters. The molecule has 0 saturated heterocycles. The van der Waals surface area contributed by atoms with Crippen molar-refractivity contribution in [2.24, 2.45) is 0 Å². The van der Waals surface area contributed by atoms with Crippen LogP contribution < -0.4 is 16.1 Å². The zero-order chi connectivity index (χ0) is 10.1. The predicted molar refractivity (Wildman–Crippen MR) is 61.0 cm³/mol. The van der Waals surface area contributed by atoms with E-state index in [2.05, 4.69) is 10.6 Å². The van der Waals surface area contributed by atoms with Crippen LogP contribution in [0.1, 0.15) is 13.3 Å². The molecule has 0 aliphatic carbocycles. The van der Waals surface area contributed by atoms with E-state index in [0.29, 0.717) is 6.42 Å². The first-order valence-corrected chi connectivity index (χ1v) is 4.83. The van der Waals surface area contributed by atoms with Gasteiger partial charge in [0.25, 0.3) is 0 Å². The lowest BCUT2D eigenvalue weighted by Crippen LogP contribution is -2.21. The molecule has 1 atom stereocenters. The molecule has 1 aromatic rings. The summed E-state index contributed by atoms with van der Waals surface area (Å²) in [6.07, 6.45) is 0.522. The minimum absolute atomic E-state index is 0.0781. The Morgan fingerprint density at radius 3 is 3.07 bits per heavy atom. The lowest BCUT2D eigenvalue weighted by molar-refractivity contribution is -0.116. The second-order valence-electron chi connectivity index (χ2n) is 3.80. The molecule has 0 spiro atoms. The molecule has 1 heterocycles. The van der Waals surface area contributed by atoms with Crippen LogP contribution in [0.3, 0.4) is 0 Å². The average molecular weight is 188 g/mol. The van der Waals surface area contributed by atoms with Crippen LogP contribution in [0, 0.1) is 0 Å². The van der Waals surface area contributed by atoms with Gasteiger partial charge in [-0.15, -0.1) is 0 Å². The van der Waals surface area contributed by atoms with E-state index in [1.54, 1.807) is 0 Å². The molecule has 1 aromatic carbocycles. The van der Waals surface area contributed by atoms with Crippen molar-refractivity contribution in [2.75, 3.05) is 10.6 Å². The van der Waals surface area contributed by atoms with Crippen molar-refractivity contribution >= 4 is 30.6 Å².